The van der Waals surface area contributed by atoms with E-state index in [-0.39, 0.29) is 0 Å². The SMILES string of the molecule is CC1(C)CCC(=C2CCCCC2)c2ccc(Br)cc21. The molecular weight excluding hydrogens is 296 g/mol. The highest BCUT2D eigenvalue weighted by atomic mass is 79.9. The van der Waals surface area contributed by atoms with Crippen LogP contribution in [0.25, 0.3) is 5.57 Å². The Bertz CT molecular complexity index is 514. The molecule has 0 radical (unpaired) electrons. The summed E-state index contributed by atoms with van der Waals surface area (Å²) in [6.07, 6.45) is 9.46. The zero-order chi connectivity index (χ0) is 13.5. The number of rotatable bonds is 0. The van der Waals surface area contributed by atoms with Crippen molar-refractivity contribution < 1.29 is 0 Å². The maximum Gasteiger partial charge on any atom is 0.0178 e. The zero-order valence-electron chi connectivity index (χ0n) is 12.1. The minimum atomic E-state index is 0.317. The molecule has 0 saturated heterocycles. The first kappa shape index (κ1) is 13.4. The summed E-state index contributed by atoms with van der Waals surface area (Å²) in [5.74, 6) is 0. The smallest absolute Gasteiger partial charge is 0.0178 e. The molecular formula is C18H23Br. The molecule has 0 amide bonds. The van der Waals surface area contributed by atoms with Gasteiger partial charge in [-0.25, -0.2) is 0 Å². The molecule has 0 N–H and O–H groups in total. The lowest BCUT2D eigenvalue weighted by atomic mass is 9.69. The van der Waals surface area contributed by atoms with E-state index < -0.39 is 0 Å². The van der Waals surface area contributed by atoms with E-state index in [0.717, 1.165) is 0 Å². The van der Waals surface area contributed by atoms with Gasteiger partial charge < -0.3 is 0 Å². The average Bonchev–Trinajstić information content (AvgIpc) is 2.41. The van der Waals surface area contributed by atoms with Crippen LogP contribution in [0.15, 0.2) is 28.2 Å². The van der Waals surface area contributed by atoms with Gasteiger partial charge >= 0.3 is 0 Å². The molecule has 1 heteroatoms. The van der Waals surface area contributed by atoms with Gasteiger partial charge in [0, 0.05) is 4.47 Å². The van der Waals surface area contributed by atoms with Gasteiger partial charge in [0.05, 0.1) is 0 Å². The Morgan fingerprint density at radius 1 is 1.00 bits per heavy atom. The minimum absolute atomic E-state index is 0.317. The summed E-state index contributed by atoms with van der Waals surface area (Å²) in [5, 5.41) is 0. The van der Waals surface area contributed by atoms with E-state index in [0.29, 0.717) is 5.41 Å². The van der Waals surface area contributed by atoms with Crippen molar-refractivity contribution in [1.29, 1.82) is 0 Å². The molecule has 1 fully saturated rings. The lowest BCUT2D eigenvalue weighted by Crippen LogP contribution is -2.24. The van der Waals surface area contributed by atoms with Gasteiger partial charge in [0.25, 0.3) is 0 Å². The van der Waals surface area contributed by atoms with E-state index >= 15 is 0 Å². The Morgan fingerprint density at radius 3 is 2.47 bits per heavy atom. The first-order valence-electron chi connectivity index (χ1n) is 7.59. The highest BCUT2D eigenvalue weighted by Gasteiger charge is 2.31. The molecule has 19 heavy (non-hydrogen) atoms. The van der Waals surface area contributed by atoms with Crippen molar-refractivity contribution in [1.82, 2.24) is 0 Å². The van der Waals surface area contributed by atoms with Crippen LogP contribution in [0.2, 0.25) is 0 Å². The number of fused-ring (bicyclic) bond motifs is 1. The fraction of sp³-hybridized carbons (Fsp3) is 0.556. The van der Waals surface area contributed by atoms with E-state index in [9.17, 15) is 0 Å². The van der Waals surface area contributed by atoms with E-state index in [1.807, 2.05) is 0 Å². The first-order valence-corrected chi connectivity index (χ1v) is 8.38. The summed E-state index contributed by atoms with van der Waals surface area (Å²) in [6, 6.07) is 6.90. The van der Waals surface area contributed by atoms with E-state index in [2.05, 4.69) is 48.0 Å². The average molecular weight is 319 g/mol. The van der Waals surface area contributed by atoms with Crippen LogP contribution in [-0.4, -0.2) is 0 Å². The van der Waals surface area contributed by atoms with Crippen LogP contribution in [0.5, 0.6) is 0 Å². The van der Waals surface area contributed by atoms with Crippen molar-refractivity contribution >= 4 is 21.5 Å². The number of allylic oxidation sites excluding steroid dienone is 2. The fourth-order valence-corrected chi connectivity index (χ4v) is 4.06. The van der Waals surface area contributed by atoms with Crippen LogP contribution in [0.1, 0.15) is 69.9 Å². The summed E-state index contributed by atoms with van der Waals surface area (Å²) in [4.78, 5) is 0. The van der Waals surface area contributed by atoms with E-state index in [4.69, 9.17) is 0 Å². The molecule has 0 unspecified atom stereocenters. The van der Waals surface area contributed by atoms with Gasteiger partial charge in [-0.05, 0) is 72.8 Å². The number of hydrogen-bond donors (Lipinski definition) is 0. The number of halogens is 1. The fourth-order valence-electron chi connectivity index (χ4n) is 3.69. The second kappa shape index (κ2) is 5.09. The van der Waals surface area contributed by atoms with Crippen molar-refractivity contribution in [2.24, 2.45) is 0 Å². The Labute approximate surface area is 125 Å². The van der Waals surface area contributed by atoms with Gasteiger partial charge in [-0.15, -0.1) is 0 Å². The van der Waals surface area contributed by atoms with Gasteiger partial charge in [0.1, 0.15) is 0 Å². The van der Waals surface area contributed by atoms with Crippen LogP contribution in [0.3, 0.4) is 0 Å². The summed E-state index contributed by atoms with van der Waals surface area (Å²) in [6.45, 7) is 4.78. The molecule has 0 spiro atoms. The molecule has 0 nitrogen and oxygen atoms in total. The van der Waals surface area contributed by atoms with Gasteiger partial charge in [-0.3, -0.25) is 0 Å². The van der Waals surface area contributed by atoms with Crippen LogP contribution in [0.4, 0.5) is 0 Å². The van der Waals surface area contributed by atoms with Crippen LogP contribution >= 0.6 is 15.9 Å². The molecule has 0 aliphatic heterocycles. The van der Waals surface area contributed by atoms with Gasteiger partial charge in [0.15, 0.2) is 0 Å². The van der Waals surface area contributed by atoms with Crippen LogP contribution < -0.4 is 0 Å². The maximum atomic E-state index is 3.64. The van der Waals surface area contributed by atoms with Crippen molar-refractivity contribution in [2.75, 3.05) is 0 Å². The van der Waals surface area contributed by atoms with E-state index in [1.165, 1.54) is 55.0 Å². The van der Waals surface area contributed by atoms with Crippen LogP contribution in [0, 0.1) is 0 Å². The molecule has 0 aromatic heterocycles. The molecule has 0 bridgehead atoms. The standard InChI is InChI=1S/C18H23Br/c1-18(2)11-10-15(13-6-4-3-5-7-13)16-9-8-14(19)12-17(16)18/h8-9,12H,3-7,10-11H2,1-2H3. The Kier molecular flexibility index (Phi) is 3.59. The molecule has 2 aliphatic rings. The van der Waals surface area contributed by atoms with Crippen molar-refractivity contribution in [3.05, 3.63) is 39.4 Å². The molecule has 102 valence electrons. The molecule has 1 aromatic carbocycles. The Hall–Kier alpha value is -0.560. The Balaban J connectivity index is 2.12. The third-order valence-electron chi connectivity index (χ3n) is 4.92. The molecule has 0 atom stereocenters. The largest absolute Gasteiger partial charge is 0.0664 e. The maximum absolute atomic E-state index is 3.64. The van der Waals surface area contributed by atoms with Crippen molar-refractivity contribution in [3.8, 4) is 0 Å². The van der Waals surface area contributed by atoms with Crippen molar-refractivity contribution in [2.45, 2.75) is 64.2 Å². The molecule has 1 aromatic rings. The molecule has 3 rings (SSSR count). The summed E-state index contributed by atoms with van der Waals surface area (Å²) in [5.41, 5.74) is 6.84. The van der Waals surface area contributed by atoms with Crippen LogP contribution in [-0.2, 0) is 5.41 Å². The normalized spacial score (nSPS) is 22.3. The predicted molar refractivity (Wildman–Crippen MR) is 86.4 cm³/mol. The second-order valence-electron chi connectivity index (χ2n) is 6.72. The highest BCUT2D eigenvalue weighted by Crippen LogP contribution is 2.46. The van der Waals surface area contributed by atoms with Gasteiger partial charge in [-0.1, -0.05) is 47.8 Å². The zero-order valence-corrected chi connectivity index (χ0v) is 13.6. The number of benzene rings is 1. The molecule has 2 aliphatic carbocycles. The Morgan fingerprint density at radius 2 is 1.74 bits per heavy atom. The highest BCUT2D eigenvalue weighted by molar-refractivity contribution is 9.10. The third kappa shape index (κ3) is 2.54. The lowest BCUT2D eigenvalue weighted by Gasteiger charge is -2.36. The lowest BCUT2D eigenvalue weighted by molar-refractivity contribution is 0.471. The molecule has 1 saturated carbocycles. The molecule has 0 heterocycles. The minimum Gasteiger partial charge on any atom is -0.0664 e. The van der Waals surface area contributed by atoms with E-state index in [1.54, 1.807) is 16.7 Å². The van der Waals surface area contributed by atoms with Gasteiger partial charge in [-0.2, -0.15) is 0 Å². The summed E-state index contributed by atoms with van der Waals surface area (Å²) >= 11 is 3.64. The predicted octanol–water partition coefficient (Wildman–Crippen LogP) is 6.24. The topological polar surface area (TPSA) is 0 Å². The summed E-state index contributed by atoms with van der Waals surface area (Å²) in [7, 11) is 0. The van der Waals surface area contributed by atoms with Gasteiger partial charge in [0.2, 0.25) is 0 Å². The quantitative estimate of drug-likeness (QED) is 0.531. The van der Waals surface area contributed by atoms with Crippen molar-refractivity contribution in [3.63, 3.8) is 0 Å². The first-order chi connectivity index (χ1) is 9.08. The monoisotopic (exact) mass is 318 g/mol. The number of hydrogen-bond acceptors (Lipinski definition) is 0. The third-order valence-corrected chi connectivity index (χ3v) is 5.41. The second-order valence-corrected chi connectivity index (χ2v) is 7.63. The summed E-state index contributed by atoms with van der Waals surface area (Å²) < 4.78 is 1.22.